The lowest BCUT2D eigenvalue weighted by Gasteiger charge is -2.30. The summed E-state index contributed by atoms with van der Waals surface area (Å²) in [6.45, 7) is 3.65. The van der Waals surface area contributed by atoms with Gasteiger partial charge in [-0.15, -0.1) is 10.2 Å². The second-order valence-corrected chi connectivity index (χ2v) is 12.5. The van der Waals surface area contributed by atoms with Crippen LogP contribution in [0.25, 0.3) is 0 Å². The molecule has 0 spiro atoms. The topological polar surface area (TPSA) is 118 Å². The van der Waals surface area contributed by atoms with Gasteiger partial charge in [-0.3, -0.25) is 9.59 Å². The first-order valence-electron chi connectivity index (χ1n) is 15.0. The van der Waals surface area contributed by atoms with Gasteiger partial charge in [-0.2, -0.15) is 13.2 Å². The number of rotatable bonds is 10. The number of hydrogen-bond acceptors (Lipinski definition) is 6. The van der Waals surface area contributed by atoms with E-state index in [2.05, 4.69) is 20.8 Å². The van der Waals surface area contributed by atoms with E-state index in [-0.39, 0.29) is 31.0 Å². The molecule has 0 aliphatic carbocycles. The zero-order valence-corrected chi connectivity index (χ0v) is 26.7. The molecule has 10 nitrogen and oxygen atoms in total. The van der Waals surface area contributed by atoms with Crippen molar-refractivity contribution in [2.75, 3.05) is 6.54 Å². The molecule has 50 heavy (non-hydrogen) atoms. The van der Waals surface area contributed by atoms with Crippen molar-refractivity contribution >= 4 is 17.9 Å². The number of hydrogen-bond donors (Lipinski definition) is 2. The van der Waals surface area contributed by atoms with Crippen LogP contribution in [-0.4, -0.2) is 61.8 Å². The maximum Gasteiger partial charge on any atom is 0.451 e. The fraction of sp³-hybridized carbons (Fsp3) is 0.452. The first kappa shape index (κ1) is 38.0. The van der Waals surface area contributed by atoms with Gasteiger partial charge in [-0.25, -0.2) is 31.1 Å². The number of halogens is 9. The molecule has 0 fully saturated rings. The number of nitrogens with one attached hydrogen (secondary N) is 2. The summed E-state index contributed by atoms with van der Waals surface area (Å²) in [5, 5.41) is 11.4. The lowest BCUT2D eigenvalue weighted by Crippen LogP contribution is -2.47. The van der Waals surface area contributed by atoms with Gasteiger partial charge in [-0.1, -0.05) is 0 Å². The second kappa shape index (κ2) is 15.0. The highest BCUT2D eigenvalue weighted by molar-refractivity contribution is 5.81. The molecule has 2 atom stereocenters. The number of alkyl carbamates (subject to hydrolysis) is 1. The Bertz CT molecular complexity index is 1760. The van der Waals surface area contributed by atoms with Crippen LogP contribution >= 0.6 is 0 Å². The molecule has 1 unspecified atom stereocenters. The summed E-state index contributed by atoms with van der Waals surface area (Å²) in [5.74, 6) is -11.3. The number of benzene rings is 2. The standard InChI is InChI=1S/C31H31F9N6O4/c1-30(2,3)50-29(49)42-17(6-15-8-21(34)23(36)12-19(15)32)10-26(47)41-18(7-16-9-22(35)24(37)13-20(16)33)11-27(48)45-4-5-46-25(14-45)43-44-28(46)31(38,39)40/h8-9,12-13,17-18H,4-7,10-11,14H2,1-3H3,(H,41,47)(H,42,49)/t17?,18-/m1/s1. The summed E-state index contributed by atoms with van der Waals surface area (Å²) >= 11 is 0. The molecule has 0 bridgehead atoms. The fourth-order valence-corrected chi connectivity index (χ4v) is 5.22. The first-order chi connectivity index (χ1) is 23.2. The number of aromatic nitrogens is 3. The molecule has 0 saturated carbocycles. The van der Waals surface area contributed by atoms with Gasteiger partial charge in [-0.05, 0) is 56.9 Å². The van der Waals surface area contributed by atoms with Crippen LogP contribution in [0.3, 0.4) is 0 Å². The van der Waals surface area contributed by atoms with Gasteiger partial charge in [0.1, 0.15) is 17.2 Å². The summed E-state index contributed by atoms with van der Waals surface area (Å²) in [6.07, 6.45) is -8.28. The Morgan fingerprint density at radius 2 is 1.28 bits per heavy atom. The normalized spacial score (nSPS) is 14.5. The number of carbonyl (C=O) groups is 3. The first-order valence-corrected chi connectivity index (χ1v) is 15.0. The quantitative estimate of drug-likeness (QED) is 0.222. The van der Waals surface area contributed by atoms with E-state index in [0.717, 1.165) is 9.47 Å². The van der Waals surface area contributed by atoms with Crippen molar-refractivity contribution in [2.45, 2.75) is 83.4 Å². The molecule has 2 N–H and O–H groups in total. The third-order valence-corrected chi connectivity index (χ3v) is 7.41. The highest BCUT2D eigenvalue weighted by Gasteiger charge is 2.40. The van der Waals surface area contributed by atoms with Crippen molar-refractivity contribution in [1.82, 2.24) is 30.3 Å². The van der Waals surface area contributed by atoms with Crippen LogP contribution < -0.4 is 10.6 Å². The minimum absolute atomic E-state index is 0.176. The molecule has 3 aromatic rings. The van der Waals surface area contributed by atoms with Gasteiger partial charge < -0.3 is 24.8 Å². The van der Waals surface area contributed by atoms with E-state index in [1.165, 1.54) is 20.8 Å². The van der Waals surface area contributed by atoms with Crippen LogP contribution in [0.5, 0.6) is 0 Å². The van der Waals surface area contributed by atoms with E-state index in [0.29, 0.717) is 12.1 Å². The molecule has 0 radical (unpaired) electrons. The van der Waals surface area contributed by atoms with E-state index < -0.39 is 126 Å². The Kier molecular flexibility index (Phi) is 11.4. The molecule has 1 aliphatic rings. The van der Waals surface area contributed by atoms with Crippen LogP contribution in [0.15, 0.2) is 24.3 Å². The average molecular weight is 723 g/mol. The number of ether oxygens (including phenoxy) is 1. The highest BCUT2D eigenvalue weighted by Crippen LogP contribution is 2.30. The number of nitrogens with zero attached hydrogens (tertiary/aromatic N) is 4. The maximum absolute atomic E-state index is 14.6. The molecule has 0 saturated heterocycles. The van der Waals surface area contributed by atoms with Crippen molar-refractivity contribution in [3.63, 3.8) is 0 Å². The van der Waals surface area contributed by atoms with Crippen molar-refractivity contribution in [1.29, 1.82) is 0 Å². The largest absolute Gasteiger partial charge is 0.451 e. The number of carbonyl (C=O) groups excluding carboxylic acids is 3. The third-order valence-electron chi connectivity index (χ3n) is 7.41. The highest BCUT2D eigenvalue weighted by atomic mass is 19.4. The Morgan fingerprint density at radius 3 is 1.80 bits per heavy atom. The second-order valence-electron chi connectivity index (χ2n) is 12.5. The molecular weight excluding hydrogens is 691 g/mol. The van der Waals surface area contributed by atoms with Crippen molar-refractivity contribution in [3.8, 4) is 0 Å². The van der Waals surface area contributed by atoms with Crippen LogP contribution in [0.4, 0.5) is 44.3 Å². The van der Waals surface area contributed by atoms with Gasteiger partial charge in [0.15, 0.2) is 29.1 Å². The van der Waals surface area contributed by atoms with E-state index in [1.807, 2.05) is 0 Å². The molecule has 19 heteroatoms. The Labute approximate surface area is 279 Å². The Hall–Kier alpha value is -4.84. The van der Waals surface area contributed by atoms with Crippen molar-refractivity contribution in [3.05, 3.63) is 81.9 Å². The summed E-state index contributed by atoms with van der Waals surface area (Å²) in [7, 11) is 0. The predicted octanol–water partition coefficient (Wildman–Crippen LogP) is 5.12. The molecule has 3 amide bonds. The van der Waals surface area contributed by atoms with E-state index in [4.69, 9.17) is 4.74 Å². The van der Waals surface area contributed by atoms with Gasteiger partial charge in [0.25, 0.3) is 0 Å². The number of amides is 3. The predicted molar refractivity (Wildman–Crippen MR) is 155 cm³/mol. The lowest BCUT2D eigenvalue weighted by atomic mass is 9.99. The van der Waals surface area contributed by atoms with E-state index in [1.54, 1.807) is 0 Å². The molecule has 1 aromatic heterocycles. The minimum Gasteiger partial charge on any atom is -0.444 e. The Morgan fingerprint density at radius 1 is 0.760 bits per heavy atom. The smallest absolute Gasteiger partial charge is 0.444 e. The lowest BCUT2D eigenvalue weighted by molar-refractivity contribution is -0.148. The number of alkyl halides is 3. The summed E-state index contributed by atoms with van der Waals surface area (Å²) in [6, 6.07) is -1.07. The van der Waals surface area contributed by atoms with Gasteiger partial charge in [0, 0.05) is 50.1 Å². The third kappa shape index (κ3) is 9.87. The van der Waals surface area contributed by atoms with Gasteiger partial charge in [0.2, 0.25) is 17.6 Å². The summed E-state index contributed by atoms with van der Waals surface area (Å²) in [4.78, 5) is 40.3. The number of fused-ring (bicyclic) bond motifs is 1. The van der Waals surface area contributed by atoms with Crippen LogP contribution in [0.2, 0.25) is 0 Å². The molecule has 4 rings (SSSR count). The van der Waals surface area contributed by atoms with E-state index >= 15 is 0 Å². The van der Waals surface area contributed by atoms with Crippen LogP contribution in [0.1, 0.15) is 56.4 Å². The van der Waals surface area contributed by atoms with E-state index in [9.17, 15) is 53.9 Å². The maximum atomic E-state index is 14.6. The molecule has 2 aromatic carbocycles. The van der Waals surface area contributed by atoms with Crippen LogP contribution in [-0.2, 0) is 46.4 Å². The molecule has 1 aliphatic heterocycles. The van der Waals surface area contributed by atoms with Crippen molar-refractivity contribution in [2.24, 2.45) is 0 Å². The SMILES string of the molecule is CC(C)(C)OC(=O)NC(CC(=O)N[C@@H](CC(=O)N1CCn2c(nnc2C(F)(F)F)C1)Cc1cc(F)c(F)cc1F)Cc1cc(F)c(F)cc1F. The van der Waals surface area contributed by atoms with Gasteiger partial charge in [0.05, 0.1) is 6.54 Å². The minimum atomic E-state index is -4.80. The average Bonchev–Trinajstić information content (AvgIpc) is 3.42. The molecule has 272 valence electrons. The van der Waals surface area contributed by atoms with Crippen molar-refractivity contribution < 1.29 is 58.6 Å². The molecular formula is C31H31F9N6O4. The molecule has 2 heterocycles. The fourth-order valence-electron chi connectivity index (χ4n) is 5.22. The zero-order chi connectivity index (χ0) is 37.1. The van der Waals surface area contributed by atoms with Gasteiger partial charge >= 0.3 is 12.3 Å². The summed E-state index contributed by atoms with van der Waals surface area (Å²) < 4.78 is 130. The zero-order valence-electron chi connectivity index (χ0n) is 26.7. The monoisotopic (exact) mass is 722 g/mol. The summed E-state index contributed by atoms with van der Waals surface area (Å²) in [5.41, 5.74) is -1.87. The van der Waals surface area contributed by atoms with Crippen LogP contribution in [0, 0.1) is 34.9 Å². The Balaban J connectivity index is 1.55.